The molecule has 0 aromatic heterocycles. The number of nitrogens with two attached hydrogens (primary N) is 1. The summed E-state index contributed by atoms with van der Waals surface area (Å²) < 4.78 is 10.0. The van der Waals surface area contributed by atoms with Crippen LogP contribution in [-0.2, 0) is 20.7 Å². The van der Waals surface area contributed by atoms with Gasteiger partial charge in [-0.2, -0.15) is 0 Å². The quantitative estimate of drug-likeness (QED) is 0.731. The van der Waals surface area contributed by atoms with Crippen LogP contribution in [0.15, 0.2) is 24.3 Å². The van der Waals surface area contributed by atoms with E-state index in [9.17, 15) is 4.79 Å². The fourth-order valence-corrected chi connectivity index (χ4v) is 1.50. The Balaban J connectivity index is 1.84. The number of carbonyl (C=O) groups is 1. The van der Waals surface area contributed by atoms with Crippen molar-refractivity contribution >= 4 is 5.97 Å². The standard InChI is InChI=1S/C12H15NO4/c13-11(12(15)17-10-6-16-7-10)5-8-1-3-9(14)4-2-8/h1-4,10-11,14H,5-7,13H2/t11-/m0/s1. The number of benzene rings is 1. The molecule has 1 heterocycles. The number of phenolic OH excluding ortho intramolecular Hbond substituents is 1. The Kier molecular flexibility index (Phi) is 3.61. The molecule has 1 aliphatic heterocycles. The number of aromatic hydroxyl groups is 1. The highest BCUT2D eigenvalue weighted by molar-refractivity contribution is 5.76. The highest BCUT2D eigenvalue weighted by Crippen LogP contribution is 2.12. The van der Waals surface area contributed by atoms with Crippen molar-refractivity contribution in [2.24, 2.45) is 5.73 Å². The number of esters is 1. The summed E-state index contributed by atoms with van der Waals surface area (Å²) in [6, 6.07) is 5.91. The van der Waals surface area contributed by atoms with Gasteiger partial charge in [0.2, 0.25) is 0 Å². The monoisotopic (exact) mass is 237 g/mol. The molecule has 92 valence electrons. The van der Waals surface area contributed by atoms with Crippen LogP contribution in [-0.4, -0.2) is 36.4 Å². The van der Waals surface area contributed by atoms with Gasteiger partial charge < -0.3 is 20.3 Å². The van der Waals surface area contributed by atoms with Crippen LogP contribution < -0.4 is 5.73 Å². The molecule has 1 fully saturated rings. The molecule has 1 aliphatic rings. The highest BCUT2D eigenvalue weighted by atomic mass is 16.6. The van der Waals surface area contributed by atoms with Crippen molar-refractivity contribution in [2.75, 3.05) is 13.2 Å². The van der Waals surface area contributed by atoms with E-state index in [2.05, 4.69) is 0 Å². The van der Waals surface area contributed by atoms with Crippen molar-refractivity contribution in [3.8, 4) is 5.75 Å². The molecule has 0 aliphatic carbocycles. The molecule has 1 aromatic rings. The maximum absolute atomic E-state index is 11.6. The van der Waals surface area contributed by atoms with Gasteiger partial charge in [-0.3, -0.25) is 4.79 Å². The molecular weight excluding hydrogens is 222 g/mol. The largest absolute Gasteiger partial charge is 0.508 e. The maximum atomic E-state index is 11.6. The molecule has 5 nitrogen and oxygen atoms in total. The zero-order valence-electron chi connectivity index (χ0n) is 9.33. The average molecular weight is 237 g/mol. The lowest BCUT2D eigenvalue weighted by molar-refractivity contribution is -0.173. The fraction of sp³-hybridized carbons (Fsp3) is 0.417. The van der Waals surface area contributed by atoms with Crippen molar-refractivity contribution < 1.29 is 19.4 Å². The fourth-order valence-electron chi connectivity index (χ4n) is 1.50. The molecule has 17 heavy (non-hydrogen) atoms. The van der Waals surface area contributed by atoms with Crippen LogP contribution in [0.4, 0.5) is 0 Å². The van der Waals surface area contributed by atoms with E-state index in [0.717, 1.165) is 5.56 Å². The third-order valence-corrected chi connectivity index (χ3v) is 2.59. The van der Waals surface area contributed by atoms with Gasteiger partial charge in [-0.05, 0) is 24.1 Å². The highest BCUT2D eigenvalue weighted by Gasteiger charge is 2.25. The summed E-state index contributed by atoms with van der Waals surface area (Å²) in [5, 5.41) is 9.12. The van der Waals surface area contributed by atoms with Gasteiger partial charge in [0.05, 0.1) is 13.2 Å². The molecule has 5 heteroatoms. The minimum atomic E-state index is -0.680. The summed E-state index contributed by atoms with van der Waals surface area (Å²) in [7, 11) is 0. The van der Waals surface area contributed by atoms with E-state index in [0.29, 0.717) is 19.6 Å². The smallest absolute Gasteiger partial charge is 0.323 e. The van der Waals surface area contributed by atoms with Crippen molar-refractivity contribution in [1.82, 2.24) is 0 Å². The third kappa shape index (κ3) is 3.18. The number of hydrogen-bond acceptors (Lipinski definition) is 5. The number of hydrogen-bond donors (Lipinski definition) is 2. The summed E-state index contributed by atoms with van der Waals surface area (Å²) in [6.45, 7) is 0.912. The van der Waals surface area contributed by atoms with E-state index >= 15 is 0 Å². The lowest BCUT2D eigenvalue weighted by Crippen LogP contribution is -2.43. The molecule has 0 bridgehead atoms. The van der Waals surface area contributed by atoms with Crippen LogP contribution in [0.3, 0.4) is 0 Å². The molecule has 2 rings (SSSR count). The molecule has 0 radical (unpaired) electrons. The van der Waals surface area contributed by atoms with Gasteiger partial charge in [-0.15, -0.1) is 0 Å². The van der Waals surface area contributed by atoms with Crippen LogP contribution in [0.25, 0.3) is 0 Å². The second-order valence-corrected chi connectivity index (χ2v) is 4.07. The second-order valence-electron chi connectivity index (χ2n) is 4.07. The van der Waals surface area contributed by atoms with E-state index in [1.807, 2.05) is 0 Å². The summed E-state index contributed by atoms with van der Waals surface area (Å²) in [5.41, 5.74) is 6.62. The van der Waals surface area contributed by atoms with Gasteiger partial charge in [-0.1, -0.05) is 12.1 Å². The molecule has 1 aromatic carbocycles. The van der Waals surface area contributed by atoms with Crippen LogP contribution in [0, 0.1) is 0 Å². The number of rotatable bonds is 4. The van der Waals surface area contributed by atoms with Crippen LogP contribution in [0.2, 0.25) is 0 Å². The lowest BCUT2D eigenvalue weighted by Gasteiger charge is -2.26. The Morgan fingerprint density at radius 1 is 1.47 bits per heavy atom. The first kappa shape index (κ1) is 11.9. The van der Waals surface area contributed by atoms with Gasteiger partial charge in [0.15, 0.2) is 0 Å². The molecule has 0 saturated carbocycles. The Morgan fingerprint density at radius 2 is 2.12 bits per heavy atom. The summed E-state index contributed by atoms with van der Waals surface area (Å²) in [4.78, 5) is 11.6. The van der Waals surface area contributed by atoms with Gasteiger partial charge in [0.25, 0.3) is 0 Å². The van der Waals surface area contributed by atoms with Gasteiger partial charge in [0, 0.05) is 0 Å². The first-order valence-electron chi connectivity index (χ1n) is 5.47. The molecule has 0 unspecified atom stereocenters. The van der Waals surface area contributed by atoms with Crippen molar-refractivity contribution in [3.05, 3.63) is 29.8 Å². The summed E-state index contributed by atoms with van der Waals surface area (Å²) in [6.07, 6.45) is 0.250. The van der Waals surface area contributed by atoms with E-state index in [4.69, 9.17) is 20.3 Å². The Bertz CT molecular complexity index is 386. The van der Waals surface area contributed by atoms with Crippen molar-refractivity contribution in [3.63, 3.8) is 0 Å². The Morgan fingerprint density at radius 3 is 2.65 bits per heavy atom. The van der Waals surface area contributed by atoms with Gasteiger partial charge >= 0.3 is 5.97 Å². The molecule has 1 atom stereocenters. The Hall–Kier alpha value is -1.59. The van der Waals surface area contributed by atoms with E-state index in [1.54, 1.807) is 24.3 Å². The van der Waals surface area contributed by atoms with Gasteiger partial charge in [0.1, 0.15) is 17.9 Å². The van der Waals surface area contributed by atoms with E-state index < -0.39 is 12.0 Å². The lowest BCUT2D eigenvalue weighted by atomic mass is 10.1. The minimum Gasteiger partial charge on any atom is -0.508 e. The van der Waals surface area contributed by atoms with Crippen LogP contribution >= 0.6 is 0 Å². The first-order valence-corrected chi connectivity index (χ1v) is 5.47. The van der Waals surface area contributed by atoms with Crippen LogP contribution in [0.5, 0.6) is 5.75 Å². The van der Waals surface area contributed by atoms with Crippen molar-refractivity contribution in [1.29, 1.82) is 0 Å². The predicted octanol–water partition coefficient (Wildman–Crippen LogP) is 0.204. The minimum absolute atomic E-state index is 0.145. The second kappa shape index (κ2) is 5.16. The summed E-state index contributed by atoms with van der Waals surface area (Å²) >= 11 is 0. The SMILES string of the molecule is N[C@@H](Cc1ccc(O)cc1)C(=O)OC1COC1. The van der Waals surface area contributed by atoms with Crippen molar-refractivity contribution in [2.45, 2.75) is 18.6 Å². The number of phenols is 1. The summed E-state index contributed by atoms with van der Waals surface area (Å²) in [5.74, 6) is -0.220. The average Bonchev–Trinajstić information content (AvgIpc) is 2.26. The number of ether oxygens (including phenoxy) is 2. The zero-order chi connectivity index (χ0) is 12.3. The molecule has 0 amide bonds. The first-order chi connectivity index (χ1) is 8.15. The van der Waals surface area contributed by atoms with E-state index in [-0.39, 0.29) is 11.9 Å². The molecule has 3 N–H and O–H groups in total. The molecule has 0 spiro atoms. The third-order valence-electron chi connectivity index (χ3n) is 2.59. The van der Waals surface area contributed by atoms with Gasteiger partial charge in [-0.25, -0.2) is 0 Å². The topological polar surface area (TPSA) is 81.8 Å². The maximum Gasteiger partial charge on any atom is 0.323 e. The predicted molar refractivity (Wildman–Crippen MR) is 60.5 cm³/mol. The normalized spacial score (nSPS) is 17.2. The Labute approximate surface area is 99.1 Å². The molecule has 1 saturated heterocycles. The zero-order valence-corrected chi connectivity index (χ0v) is 9.33. The van der Waals surface area contributed by atoms with Crippen LogP contribution in [0.1, 0.15) is 5.56 Å². The van der Waals surface area contributed by atoms with E-state index in [1.165, 1.54) is 0 Å². The number of carbonyl (C=O) groups excluding carboxylic acids is 1. The molecular formula is C12H15NO4.